The van der Waals surface area contributed by atoms with Crippen molar-refractivity contribution in [3.63, 3.8) is 0 Å². The molecule has 0 fully saturated rings. The Balaban J connectivity index is 0.00000288. The van der Waals surface area contributed by atoms with E-state index in [9.17, 15) is 4.79 Å². The van der Waals surface area contributed by atoms with Crippen LogP contribution in [-0.4, -0.2) is 41.3 Å². The average Bonchev–Trinajstić information content (AvgIpc) is 2.96. The molecule has 0 bridgehead atoms. The van der Waals surface area contributed by atoms with Gasteiger partial charge >= 0.3 is 0 Å². The van der Waals surface area contributed by atoms with Crippen molar-refractivity contribution in [1.29, 1.82) is 0 Å². The van der Waals surface area contributed by atoms with Gasteiger partial charge in [-0.2, -0.15) is 5.10 Å². The lowest BCUT2D eigenvalue weighted by Crippen LogP contribution is -2.37. The zero-order valence-electron chi connectivity index (χ0n) is 14.5. The number of hydrogen-bond acceptors (Lipinski definition) is 4. The molecule has 2 rings (SSSR count). The fourth-order valence-electron chi connectivity index (χ4n) is 2.45. The second kappa shape index (κ2) is 9.30. The fraction of sp³-hybridized carbons (Fsp3) is 0.412. The Morgan fingerprint density at radius 1 is 1.38 bits per heavy atom. The van der Waals surface area contributed by atoms with Crippen molar-refractivity contribution in [2.24, 2.45) is 7.05 Å². The average molecular weight is 353 g/mol. The van der Waals surface area contributed by atoms with Gasteiger partial charge in [-0.15, -0.1) is 12.4 Å². The minimum atomic E-state index is -0.392. The van der Waals surface area contributed by atoms with Crippen LogP contribution < -0.4 is 10.1 Å². The Labute approximate surface area is 149 Å². The predicted molar refractivity (Wildman–Crippen MR) is 96.3 cm³/mol. The summed E-state index contributed by atoms with van der Waals surface area (Å²) in [6.45, 7) is 3.15. The first-order valence-corrected chi connectivity index (χ1v) is 7.67. The van der Waals surface area contributed by atoms with Crippen molar-refractivity contribution in [2.75, 3.05) is 20.7 Å². The first-order valence-electron chi connectivity index (χ1n) is 7.67. The fourth-order valence-corrected chi connectivity index (χ4v) is 2.45. The number of aryl methyl sites for hydroxylation is 1. The van der Waals surface area contributed by atoms with Crippen molar-refractivity contribution in [3.05, 3.63) is 47.8 Å². The van der Waals surface area contributed by atoms with Crippen LogP contribution in [0.2, 0.25) is 0 Å². The quantitative estimate of drug-likeness (QED) is 0.829. The Hall–Kier alpha value is -2.05. The van der Waals surface area contributed by atoms with Crippen LogP contribution in [0.15, 0.2) is 36.7 Å². The maximum absolute atomic E-state index is 12.7. The molecule has 0 saturated carbocycles. The monoisotopic (exact) mass is 352 g/mol. The van der Waals surface area contributed by atoms with Crippen molar-refractivity contribution in [2.45, 2.75) is 19.5 Å². The maximum atomic E-state index is 12.7. The van der Waals surface area contributed by atoms with Gasteiger partial charge in [0.05, 0.1) is 12.8 Å². The summed E-state index contributed by atoms with van der Waals surface area (Å²) in [4.78, 5) is 14.4. The summed E-state index contributed by atoms with van der Waals surface area (Å²) in [5.41, 5.74) is 1.92. The molecule has 132 valence electrons. The molecule has 6 nitrogen and oxygen atoms in total. The lowest BCUT2D eigenvalue weighted by molar-refractivity contribution is -0.132. The number of carbonyl (C=O) groups is 1. The molecule has 1 heterocycles. The van der Waals surface area contributed by atoms with E-state index in [1.165, 1.54) is 0 Å². The number of rotatable bonds is 7. The van der Waals surface area contributed by atoms with Gasteiger partial charge in [-0.1, -0.05) is 12.1 Å². The number of ether oxygens (including phenoxy) is 1. The molecule has 0 saturated heterocycles. The van der Waals surface area contributed by atoms with E-state index >= 15 is 0 Å². The van der Waals surface area contributed by atoms with Crippen LogP contribution in [0.1, 0.15) is 24.1 Å². The lowest BCUT2D eigenvalue weighted by atomic mass is 10.1. The number of nitrogens with one attached hydrogen (secondary N) is 1. The molecular formula is C17H25ClN4O2. The maximum Gasteiger partial charge on any atom is 0.244 e. The van der Waals surface area contributed by atoms with Gasteiger partial charge in [0.25, 0.3) is 0 Å². The Morgan fingerprint density at radius 2 is 2.04 bits per heavy atom. The zero-order chi connectivity index (χ0) is 16.8. The van der Waals surface area contributed by atoms with E-state index in [1.54, 1.807) is 29.9 Å². The highest BCUT2D eigenvalue weighted by Crippen LogP contribution is 2.17. The van der Waals surface area contributed by atoms with Crippen molar-refractivity contribution >= 4 is 18.3 Å². The summed E-state index contributed by atoms with van der Waals surface area (Å²) in [7, 11) is 5.42. The Bertz CT molecular complexity index is 642. The molecule has 24 heavy (non-hydrogen) atoms. The molecule has 1 unspecified atom stereocenters. The summed E-state index contributed by atoms with van der Waals surface area (Å²) in [5.74, 6) is 0.850. The first-order chi connectivity index (χ1) is 11.0. The van der Waals surface area contributed by atoms with Crippen LogP contribution in [0.4, 0.5) is 0 Å². The van der Waals surface area contributed by atoms with Crippen LogP contribution in [0.25, 0.3) is 0 Å². The van der Waals surface area contributed by atoms with Crippen molar-refractivity contribution in [1.82, 2.24) is 20.0 Å². The number of carbonyl (C=O) groups excluding carboxylic acids is 1. The minimum Gasteiger partial charge on any atom is -0.494 e. The third kappa shape index (κ3) is 4.97. The number of benzene rings is 1. The molecule has 7 heteroatoms. The second-order valence-corrected chi connectivity index (χ2v) is 5.44. The van der Waals surface area contributed by atoms with Crippen LogP contribution >= 0.6 is 12.4 Å². The van der Waals surface area contributed by atoms with Gasteiger partial charge in [0.2, 0.25) is 5.91 Å². The topological polar surface area (TPSA) is 59.4 Å². The van der Waals surface area contributed by atoms with E-state index in [1.807, 2.05) is 44.4 Å². The molecule has 1 N–H and O–H groups in total. The van der Waals surface area contributed by atoms with Crippen molar-refractivity contribution < 1.29 is 9.53 Å². The predicted octanol–water partition coefficient (Wildman–Crippen LogP) is 2.16. The van der Waals surface area contributed by atoms with Gasteiger partial charge in [-0.3, -0.25) is 9.48 Å². The summed E-state index contributed by atoms with van der Waals surface area (Å²) in [6, 6.07) is 7.42. The van der Waals surface area contributed by atoms with Gasteiger partial charge in [0.15, 0.2) is 0 Å². The molecular weight excluding hydrogens is 328 g/mol. The molecule has 1 aromatic heterocycles. The molecule has 2 aromatic rings. The van der Waals surface area contributed by atoms with Crippen LogP contribution in [0.5, 0.6) is 5.75 Å². The molecule has 0 aliphatic carbocycles. The lowest BCUT2D eigenvalue weighted by Gasteiger charge is -2.23. The third-order valence-electron chi connectivity index (χ3n) is 3.62. The standard InChI is InChI=1S/C17H24N4O2.ClH/c1-5-23-15-8-6-13(7-9-15)11-20(3)17(22)16(18-2)14-10-19-21(4)12-14;/h6-10,12,16,18H,5,11H2,1-4H3;1H. The highest BCUT2D eigenvalue weighted by atomic mass is 35.5. The van der Waals surface area contributed by atoms with E-state index in [0.717, 1.165) is 16.9 Å². The number of nitrogens with zero attached hydrogens (tertiary/aromatic N) is 3. The van der Waals surface area contributed by atoms with E-state index < -0.39 is 6.04 Å². The van der Waals surface area contributed by atoms with E-state index in [-0.39, 0.29) is 18.3 Å². The summed E-state index contributed by atoms with van der Waals surface area (Å²) >= 11 is 0. The van der Waals surface area contributed by atoms with Crippen molar-refractivity contribution in [3.8, 4) is 5.75 Å². The Kier molecular flexibility index (Phi) is 7.74. The molecule has 0 radical (unpaired) electrons. The molecule has 1 amide bonds. The van der Waals surface area contributed by atoms with Crippen LogP contribution in [0, 0.1) is 0 Å². The molecule has 1 atom stereocenters. The second-order valence-electron chi connectivity index (χ2n) is 5.44. The number of aromatic nitrogens is 2. The van der Waals surface area contributed by atoms with Gasteiger partial charge in [-0.25, -0.2) is 0 Å². The van der Waals surface area contributed by atoms with E-state index in [0.29, 0.717) is 13.2 Å². The zero-order valence-corrected chi connectivity index (χ0v) is 15.3. The number of halogens is 1. The molecule has 0 aliphatic heterocycles. The summed E-state index contributed by atoms with van der Waals surface area (Å²) in [6.07, 6.45) is 3.56. The normalized spacial score (nSPS) is 11.5. The van der Waals surface area contributed by atoms with Gasteiger partial charge in [0.1, 0.15) is 11.8 Å². The Morgan fingerprint density at radius 3 is 2.54 bits per heavy atom. The van der Waals surface area contributed by atoms with Gasteiger partial charge < -0.3 is 15.0 Å². The largest absolute Gasteiger partial charge is 0.494 e. The van der Waals surface area contributed by atoms with Crippen LogP contribution in [-0.2, 0) is 18.4 Å². The SMILES string of the molecule is CCOc1ccc(CN(C)C(=O)C(NC)c2cnn(C)c2)cc1.Cl. The number of amides is 1. The van der Waals surface area contributed by atoms with E-state index in [2.05, 4.69) is 10.4 Å². The van der Waals surface area contributed by atoms with Crippen LogP contribution in [0.3, 0.4) is 0 Å². The molecule has 1 aromatic carbocycles. The first kappa shape index (κ1) is 20.0. The summed E-state index contributed by atoms with van der Waals surface area (Å²) in [5, 5.41) is 7.19. The van der Waals surface area contributed by atoms with Gasteiger partial charge in [-0.05, 0) is 31.7 Å². The highest BCUT2D eigenvalue weighted by molar-refractivity contribution is 5.85. The molecule has 0 aliphatic rings. The molecule has 0 spiro atoms. The van der Waals surface area contributed by atoms with Gasteiger partial charge in [0, 0.05) is 32.4 Å². The minimum absolute atomic E-state index is 0. The smallest absolute Gasteiger partial charge is 0.244 e. The van der Waals surface area contributed by atoms with E-state index in [4.69, 9.17) is 4.74 Å². The number of hydrogen-bond donors (Lipinski definition) is 1. The summed E-state index contributed by atoms with van der Waals surface area (Å²) < 4.78 is 7.12. The third-order valence-corrected chi connectivity index (χ3v) is 3.62. The number of likely N-dealkylation sites (N-methyl/N-ethyl adjacent to an activating group) is 2. The highest BCUT2D eigenvalue weighted by Gasteiger charge is 2.23.